The van der Waals surface area contributed by atoms with Crippen LogP contribution in [0, 0.1) is 17.8 Å². The van der Waals surface area contributed by atoms with Crippen molar-refractivity contribution in [1.82, 2.24) is 9.80 Å². The van der Waals surface area contributed by atoms with Gasteiger partial charge >= 0.3 is 0 Å². The maximum absolute atomic E-state index is 14.6. The third-order valence-electron chi connectivity index (χ3n) is 8.81. The Kier molecular flexibility index (Phi) is 8.39. The van der Waals surface area contributed by atoms with Crippen molar-refractivity contribution in [3.63, 3.8) is 0 Å². The van der Waals surface area contributed by atoms with Crippen LogP contribution in [0.5, 0.6) is 0 Å². The zero-order valence-corrected chi connectivity index (χ0v) is 24.7. The number of hydrogen-bond donors (Lipinski definition) is 1. The van der Waals surface area contributed by atoms with E-state index in [9.17, 15) is 19.5 Å². The molecule has 3 heterocycles. The number of hydrogen-bond acceptors (Lipinski definition) is 5. The maximum atomic E-state index is 14.6. The fraction of sp³-hybridized carbons (Fsp3) is 0.581. The molecule has 1 aromatic rings. The van der Waals surface area contributed by atoms with Crippen LogP contribution in [0.3, 0.4) is 0 Å². The molecule has 1 aromatic carbocycles. The molecule has 3 aliphatic heterocycles. The number of para-hydroxylation sites is 1. The summed E-state index contributed by atoms with van der Waals surface area (Å²) in [5.41, 5.74) is 0.266. The van der Waals surface area contributed by atoms with Gasteiger partial charge in [-0.15, -0.1) is 24.9 Å². The largest absolute Gasteiger partial charge is 0.394 e. The fourth-order valence-electron chi connectivity index (χ4n) is 7.04. The predicted octanol–water partition coefficient (Wildman–Crippen LogP) is 4.13. The van der Waals surface area contributed by atoms with Crippen LogP contribution in [0.15, 0.2) is 55.6 Å². The first-order valence-corrected chi connectivity index (χ1v) is 14.9. The highest BCUT2D eigenvalue weighted by molar-refractivity contribution is 8.02. The molecule has 0 aromatic heterocycles. The number of carbonyl (C=O) groups is 3. The number of rotatable bonds is 10. The van der Waals surface area contributed by atoms with Crippen molar-refractivity contribution in [2.75, 3.05) is 24.6 Å². The van der Waals surface area contributed by atoms with Crippen molar-refractivity contribution in [2.45, 2.75) is 75.1 Å². The number of likely N-dealkylation sites (tertiary alicyclic amines) is 1. The minimum atomic E-state index is -0.765. The van der Waals surface area contributed by atoms with Gasteiger partial charge in [0, 0.05) is 29.6 Å². The Morgan fingerprint density at radius 2 is 1.82 bits per heavy atom. The quantitative estimate of drug-likeness (QED) is 0.441. The molecular weight excluding hydrogens is 510 g/mol. The second kappa shape index (κ2) is 11.1. The first kappa shape index (κ1) is 29.4. The molecule has 1 spiro atoms. The number of amides is 3. The van der Waals surface area contributed by atoms with Gasteiger partial charge in [0.2, 0.25) is 17.7 Å². The van der Waals surface area contributed by atoms with Gasteiger partial charge in [-0.25, -0.2) is 0 Å². The standard InChI is InChI=1S/C31H43N3O4S/c1-8-16-32(22-14-12-11-13-15-22)27(36)24-23-18-20(4)31(39-23)25(24)28(37)34(21(10-3)19-35)26(31)29(38)33(17-9-2)30(5,6)7/h8-9,11-15,20-21,23-26,35H,1-2,10,16-19H2,3-7H3/t20?,21-,23+,24-,25-,26?,31?/m0/s1. The SMILES string of the molecule is C=CCN(C(=O)[C@@H]1[C@H]2C(=O)N([C@@H](CC)CO)C(C(=O)N(CC=C)C(C)(C)C)C23S[C@@H]1CC3C)c1ccccc1. The molecule has 3 amide bonds. The van der Waals surface area contributed by atoms with Crippen molar-refractivity contribution in [1.29, 1.82) is 0 Å². The van der Waals surface area contributed by atoms with Gasteiger partial charge in [0.05, 0.1) is 29.2 Å². The van der Waals surface area contributed by atoms with Crippen LogP contribution in [0.4, 0.5) is 5.69 Å². The molecule has 1 N–H and O–H groups in total. The second-order valence-electron chi connectivity index (χ2n) is 12.0. The predicted molar refractivity (Wildman–Crippen MR) is 157 cm³/mol. The number of anilines is 1. The Morgan fingerprint density at radius 1 is 1.18 bits per heavy atom. The van der Waals surface area contributed by atoms with E-state index in [1.54, 1.807) is 38.6 Å². The first-order valence-electron chi connectivity index (χ1n) is 14.0. The molecule has 3 fully saturated rings. The summed E-state index contributed by atoms with van der Waals surface area (Å²) in [5.74, 6) is -1.57. The highest BCUT2D eigenvalue weighted by Crippen LogP contribution is 2.69. The van der Waals surface area contributed by atoms with Crippen LogP contribution < -0.4 is 4.90 Å². The normalized spacial score (nSPS) is 30.2. The lowest BCUT2D eigenvalue weighted by atomic mass is 9.65. The lowest BCUT2D eigenvalue weighted by Crippen LogP contribution is -2.62. The first-order chi connectivity index (χ1) is 18.5. The average Bonchev–Trinajstić information content (AvgIpc) is 3.50. The number of aliphatic hydroxyl groups excluding tert-OH is 1. The van der Waals surface area contributed by atoms with Crippen LogP contribution >= 0.6 is 11.8 Å². The minimum Gasteiger partial charge on any atom is -0.394 e. The van der Waals surface area contributed by atoms with E-state index in [1.807, 2.05) is 58.0 Å². The summed E-state index contributed by atoms with van der Waals surface area (Å²) in [6, 6.07) is 8.21. The Balaban J connectivity index is 1.84. The molecule has 7 nitrogen and oxygen atoms in total. The Labute approximate surface area is 237 Å². The molecule has 2 bridgehead atoms. The van der Waals surface area contributed by atoms with E-state index in [0.29, 0.717) is 19.5 Å². The summed E-state index contributed by atoms with van der Waals surface area (Å²) in [5, 5.41) is 10.3. The van der Waals surface area contributed by atoms with Gasteiger partial charge in [-0.1, -0.05) is 44.2 Å². The molecule has 4 rings (SSSR count). The van der Waals surface area contributed by atoms with Gasteiger partial charge < -0.3 is 19.8 Å². The van der Waals surface area contributed by atoms with Crippen LogP contribution in [0.25, 0.3) is 0 Å². The van der Waals surface area contributed by atoms with E-state index in [-0.39, 0.29) is 35.5 Å². The smallest absolute Gasteiger partial charge is 0.247 e. The Morgan fingerprint density at radius 3 is 2.36 bits per heavy atom. The van der Waals surface area contributed by atoms with E-state index < -0.39 is 34.2 Å². The van der Waals surface area contributed by atoms with Crippen LogP contribution in [0.1, 0.15) is 47.5 Å². The number of aliphatic hydroxyl groups is 1. The van der Waals surface area contributed by atoms with E-state index in [2.05, 4.69) is 20.1 Å². The van der Waals surface area contributed by atoms with Gasteiger partial charge in [0.25, 0.3) is 0 Å². The Bertz CT molecular complexity index is 1110. The molecule has 0 radical (unpaired) electrons. The summed E-state index contributed by atoms with van der Waals surface area (Å²) in [6.45, 7) is 18.2. The molecule has 8 heteroatoms. The van der Waals surface area contributed by atoms with Crippen molar-refractivity contribution in [2.24, 2.45) is 17.8 Å². The van der Waals surface area contributed by atoms with Crippen LogP contribution in [-0.2, 0) is 14.4 Å². The monoisotopic (exact) mass is 553 g/mol. The van der Waals surface area contributed by atoms with Crippen molar-refractivity contribution in [3.8, 4) is 0 Å². The number of nitrogens with zero attached hydrogens (tertiary/aromatic N) is 3. The summed E-state index contributed by atoms with van der Waals surface area (Å²) in [7, 11) is 0. The van der Waals surface area contributed by atoms with Crippen LogP contribution in [0.2, 0.25) is 0 Å². The molecule has 3 aliphatic rings. The van der Waals surface area contributed by atoms with Crippen molar-refractivity contribution < 1.29 is 19.5 Å². The molecule has 3 unspecified atom stereocenters. The van der Waals surface area contributed by atoms with Crippen molar-refractivity contribution in [3.05, 3.63) is 55.6 Å². The number of benzene rings is 1. The summed E-state index contributed by atoms with van der Waals surface area (Å²) >= 11 is 1.66. The molecule has 212 valence electrons. The van der Waals surface area contributed by atoms with Gasteiger partial charge in [-0.2, -0.15) is 0 Å². The molecular formula is C31H43N3O4S. The minimum absolute atomic E-state index is 0.0516. The number of thioether (sulfide) groups is 1. The zero-order valence-electron chi connectivity index (χ0n) is 23.9. The van der Waals surface area contributed by atoms with E-state index in [4.69, 9.17) is 0 Å². The van der Waals surface area contributed by atoms with Gasteiger partial charge in [0.1, 0.15) is 6.04 Å². The lowest BCUT2D eigenvalue weighted by Gasteiger charge is -2.45. The van der Waals surface area contributed by atoms with Gasteiger partial charge in [-0.3, -0.25) is 14.4 Å². The molecule has 0 aliphatic carbocycles. The van der Waals surface area contributed by atoms with E-state index >= 15 is 0 Å². The maximum Gasteiger partial charge on any atom is 0.247 e. The number of fused-ring (bicyclic) bond motifs is 1. The van der Waals surface area contributed by atoms with Crippen LogP contribution in [-0.4, -0.2) is 79.9 Å². The Hall–Kier alpha value is -2.58. The van der Waals surface area contributed by atoms with Crippen molar-refractivity contribution >= 4 is 35.2 Å². The summed E-state index contributed by atoms with van der Waals surface area (Å²) in [4.78, 5) is 48.5. The summed E-state index contributed by atoms with van der Waals surface area (Å²) in [6.07, 6.45) is 4.68. The third-order valence-corrected chi connectivity index (χ3v) is 10.9. The summed E-state index contributed by atoms with van der Waals surface area (Å²) < 4.78 is -0.747. The molecule has 39 heavy (non-hydrogen) atoms. The zero-order chi connectivity index (χ0) is 28.7. The molecule has 3 saturated heterocycles. The molecule has 7 atom stereocenters. The fourth-order valence-corrected chi connectivity index (χ4v) is 9.43. The van der Waals surface area contributed by atoms with E-state index in [0.717, 1.165) is 12.1 Å². The third kappa shape index (κ3) is 4.63. The highest BCUT2D eigenvalue weighted by atomic mass is 32.2. The molecule has 0 saturated carbocycles. The van der Waals surface area contributed by atoms with Gasteiger partial charge in [0.15, 0.2) is 0 Å². The topological polar surface area (TPSA) is 81.2 Å². The lowest BCUT2D eigenvalue weighted by molar-refractivity contribution is -0.148. The van der Waals surface area contributed by atoms with Gasteiger partial charge in [-0.05, 0) is 51.7 Å². The highest BCUT2D eigenvalue weighted by Gasteiger charge is 2.77. The second-order valence-corrected chi connectivity index (χ2v) is 13.6. The average molecular weight is 554 g/mol. The number of carbonyl (C=O) groups excluding carboxylic acids is 3. The van der Waals surface area contributed by atoms with E-state index in [1.165, 1.54) is 0 Å².